The van der Waals surface area contributed by atoms with E-state index in [0.717, 1.165) is 25.1 Å². The smallest absolute Gasteiger partial charge is 0.253 e. The minimum Gasteiger partial charge on any atom is -0.384 e. The molecule has 4 heteroatoms. The van der Waals surface area contributed by atoms with Gasteiger partial charge in [0.25, 0.3) is 5.91 Å². The van der Waals surface area contributed by atoms with Gasteiger partial charge < -0.3 is 10.6 Å². The third-order valence-corrected chi connectivity index (χ3v) is 2.28. The van der Waals surface area contributed by atoms with Crippen LogP contribution in [-0.4, -0.2) is 23.5 Å². The maximum Gasteiger partial charge on any atom is 0.253 e. The van der Waals surface area contributed by atoms with Crippen LogP contribution in [0.3, 0.4) is 0 Å². The highest BCUT2D eigenvalue weighted by molar-refractivity contribution is 5.94. The molecule has 1 rings (SSSR count). The van der Waals surface area contributed by atoms with Crippen LogP contribution >= 0.6 is 0 Å². The quantitative estimate of drug-likeness (QED) is 0.745. The van der Waals surface area contributed by atoms with E-state index in [1.165, 1.54) is 0 Å². The molecular weight excluding hydrogens is 214 g/mol. The van der Waals surface area contributed by atoms with Crippen LogP contribution in [0.4, 0.5) is 5.69 Å². The number of carbonyl (C=O) groups is 1. The number of hydrogen-bond acceptors (Lipinski definition) is 3. The number of aromatic nitrogens is 1. The summed E-state index contributed by atoms with van der Waals surface area (Å²) in [5.74, 6) is -0.0772. The number of nitrogens with one attached hydrogen (secondary N) is 2. The third-order valence-electron chi connectivity index (χ3n) is 2.28. The Hall–Kier alpha value is -1.58. The lowest BCUT2D eigenvalue weighted by Gasteiger charge is -2.10. The maximum absolute atomic E-state index is 11.8. The molecule has 0 aromatic carbocycles. The second-order valence-corrected chi connectivity index (χ2v) is 4.37. The molecule has 0 saturated heterocycles. The fraction of sp³-hybridized carbons (Fsp3) is 0.538. The van der Waals surface area contributed by atoms with Gasteiger partial charge in [0.2, 0.25) is 0 Å². The summed E-state index contributed by atoms with van der Waals surface area (Å²) in [6.07, 6.45) is 5.58. The van der Waals surface area contributed by atoms with Crippen molar-refractivity contribution in [2.45, 2.75) is 39.7 Å². The van der Waals surface area contributed by atoms with E-state index < -0.39 is 0 Å². The molecule has 0 bridgehead atoms. The van der Waals surface area contributed by atoms with Crippen molar-refractivity contribution >= 4 is 11.6 Å². The molecule has 0 aliphatic carbocycles. The van der Waals surface area contributed by atoms with Crippen LogP contribution in [0.5, 0.6) is 0 Å². The van der Waals surface area contributed by atoms with Gasteiger partial charge in [-0.1, -0.05) is 13.3 Å². The number of rotatable bonds is 6. The van der Waals surface area contributed by atoms with Crippen molar-refractivity contribution in [2.75, 3.05) is 11.9 Å². The van der Waals surface area contributed by atoms with Gasteiger partial charge in [0.15, 0.2) is 0 Å². The predicted molar refractivity (Wildman–Crippen MR) is 70.2 cm³/mol. The lowest BCUT2D eigenvalue weighted by molar-refractivity contribution is 0.0943. The van der Waals surface area contributed by atoms with Crippen LogP contribution in [0.25, 0.3) is 0 Å². The first-order chi connectivity index (χ1) is 8.13. The van der Waals surface area contributed by atoms with Crippen molar-refractivity contribution in [3.05, 3.63) is 24.0 Å². The van der Waals surface area contributed by atoms with Crippen LogP contribution in [0.1, 0.15) is 44.0 Å². The molecule has 0 aliphatic rings. The lowest BCUT2D eigenvalue weighted by atomic mass is 10.2. The molecule has 17 heavy (non-hydrogen) atoms. The van der Waals surface area contributed by atoms with Gasteiger partial charge in [-0.15, -0.1) is 0 Å². The molecule has 0 spiro atoms. The number of anilines is 1. The maximum atomic E-state index is 11.8. The van der Waals surface area contributed by atoms with Crippen LogP contribution in [0.2, 0.25) is 0 Å². The van der Waals surface area contributed by atoms with Crippen molar-refractivity contribution in [1.29, 1.82) is 0 Å². The molecule has 0 fully saturated rings. The van der Waals surface area contributed by atoms with Crippen LogP contribution in [0, 0.1) is 0 Å². The predicted octanol–water partition coefficient (Wildman–Crippen LogP) is 2.43. The van der Waals surface area contributed by atoms with Gasteiger partial charge >= 0.3 is 0 Å². The van der Waals surface area contributed by atoms with Crippen LogP contribution in [-0.2, 0) is 0 Å². The molecule has 1 aromatic heterocycles. The zero-order valence-electron chi connectivity index (χ0n) is 10.8. The Balaban J connectivity index is 2.61. The Bertz CT molecular complexity index is 363. The van der Waals surface area contributed by atoms with Crippen LogP contribution in [0.15, 0.2) is 18.5 Å². The molecule has 1 amide bonds. The normalized spacial score (nSPS) is 10.4. The van der Waals surface area contributed by atoms with E-state index in [1.807, 2.05) is 19.9 Å². The van der Waals surface area contributed by atoms with E-state index in [9.17, 15) is 4.79 Å². The summed E-state index contributed by atoms with van der Waals surface area (Å²) in [6.45, 7) is 6.93. The van der Waals surface area contributed by atoms with E-state index >= 15 is 0 Å². The second kappa shape index (κ2) is 6.89. The SMILES string of the molecule is CCCCNc1cncc(C(=O)NC(C)C)c1. The molecule has 2 N–H and O–H groups in total. The number of hydrogen-bond donors (Lipinski definition) is 2. The van der Waals surface area contributed by atoms with Gasteiger partial charge in [-0.3, -0.25) is 9.78 Å². The minimum absolute atomic E-state index is 0.0772. The molecular formula is C13H21N3O. The largest absolute Gasteiger partial charge is 0.384 e. The van der Waals surface area contributed by atoms with Crippen molar-refractivity contribution in [3.63, 3.8) is 0 Å². The summed E-state index contributed by atoms with van der Waals surface area (Å²) in [5.41, 5.74) is 1.50. The monoisotopic (exact) mass is 235 g/mol. The first-order valence-corrected chi connectivity index (χ1v) is 6.13. The molecule has 0 unspecified atom stereocenters. The highest BCUT2D eigenvalue weighted by Crippen LogP contribution is 2.08. The Morgan fingerprint density at radius 1 is 1.41 bits per heavy atom. The van der Waals surface area contributed by atoms with Crippen molar-refractivity contribution < 1.29 is 4.79 Å². The summed E-state index contributed by atoms with van der Waals surface area (Å²) < 4.78 is 0. The average molecular weight is 235 g/mol. The summed E-state index contributed by atoms with van der Waals surface area (Å²) in [4.78, 5) is 15.8. The first kappa shape index (κ1) is 13.5. The van der Waals surface area contributed by atoms with E-state index in [0.29, 0.717) is 5.56 Å². The van der Waals surface area contributed by atoms with Crippen molar-refractivity contribution in [2.24, 2.45) is 0 Å². The third kappa shape index (κ3) is 4.85. The number of amides is 1. The fourth-order valence-electron chi connectivity index (χ4n) is 1.42. The summed E-state index contributed by atoms with van der Waals surface area (Å²) in [7, 11) is 0. The van der Waals surface area contributed by atoms with E-state index in [2.05, 4.69) is 22.5 Å². The number of carbonyl (C=O) groups excluding carboxylic acids is 1. The standard InChI is InChI=1S/C13H21N3O/c1-4-5-6-15-12-7-11(8-14-9-12)13(17)16-10(2)3/h7-10,15H,4-6H2,1-3H3,(H,16,17). The van der Waals surface area contributed by atoms with E-state index in [4.69, 9.17) is 0 Å². The number of nitrogens with zero attached hydrogens (tertiary/aromatic N) is 1. The van der Waals surface area contributed by atoms with Gasteiger partial charge in [0, 0.05) is 25.0 Å². The Kier molecular flexibility index (Phi) is 5.46. The zero-order chi connectivity index (χ0) is 12.7. The van der Waals surface area contributed by atoms with Gasteiger partial charge in [0.1, 0.15) is 0 Å². The molecule has 0 atom stereocenters. The molecule has 4 nitrogen and oxygen atoms in total. The summed E-state index contributed by atoms with van der Waals surface area (Å²) in [5, 5.41) is 6.10. The second-order valence-electron chi connectivity index (χ2n) is 4.37. The van der Waals surface area contributed by atoms with Crippen molar-refractivity contribution in [1.82, 2.24) is 10.3 Å². The van der Waals surface area contributed by atoms with Crippen molar-refractivity contribution in [3.8, 4) is 0 Å². The molecule has 0 radical (unpaired) electrons. The average Bonchev–Trinajstić information content (AvgIpc) is 2.29. The molecule has 0 saturated carbocycles. The summed E-state index contributed by atoms with van der Waals surface area (Å²) in [6, 6.07) is 1.97. The Labute approximate surface area is 103 Å². The Morgan fingerprint density at radius 3 is 2.82 bits per heavy atom. The van der Waals surface area contributed by atoms with Crippen LogP contribution < -0.4 is 10.6 Å². The van der Waals surface area contributed by atoms with Gasteiger partial charge in [0.05, 0.1) is 11.3 Å². The first-order valence-electron chi connectivity index (χ1n) is 6.13. The molecule has 1 heterocycles. The molecule has 1 aromatic rings. The highest BCUT2D eigenvalue weighted by atomic mass is 16.1. The van der Waals surface area contributed by atoms with E-state index in [-0.39, 0.29) is 11.9 Å². The van der Waals surface area contributed by atoms with Gasteiger partial charge in [-0.2, -0.15) is 0 Å². The van der Waals surface area contributed by atoms with Gasteiger partial charge in [-0.05, 0) is 26.3 Å². The minimum atomic E-state index is -0.0772. The topological polar surface area (TPSA) is 54.0 Å². The highest BCUT2D eigenvalue weighted by Gasteiger charge is 2.07. The van der Waals surface area contributed by atoms with Gasteiger partial charge in [-0.25, -0.2) is 0 Å². The molecule has 94 valence electrons. The van der Waals surface area contributed by atoms with E-state index in [1.54, 1.807) is 12.4 Å². The number of unbranched alkanes of at least 4 members (excludes halogenated alkanes) is 1. The fourth-order valence-corrected chi connectivity index (χ4v) is 1.42. The number of pyridine rings is 1. The Morgan fingerprint density at radius 2 is 2.18 bits per heavy atom. The molecule has 0 aliphatic heterocycles. The lowest BCUT2D eigenvalue weighted by Crippen LogP contribution is -2.30. The summed E-state index contributed by atoms with van der Waals surface area (Å²) >= 11 is 0. The zero-order valence-corrected chi connectivity index (χ0v) is 10.8.